The molecule has 1 aromatic heterocycles. The van der Waals surface area contributed by atoms with Crippen molar-refractivity contribution >= 4 is 5.91 Å². The van der Waals surface area contributed by atoms with Gasteiger partial charge in [0, 0.05) is 31.4 Å². The number of aromatic nitrogens is 2. The van der Waals surface area contributed by atoms with E-state index in [4.69, 9.17) is 5.73 Å². The summed E-state index contributed by atoms with van der Waals surface area (Å²) in [5, 5.41) is 7.32. The van der Waals surface area contributed by atoms with Crippen LogP contribution in [0.3, 0.4) is 0 Å². The Kier molecular flexibility index (Phi) is 5.54. The molecule has 5 nitrogen and oxygen atoms in total. The molecule has 0 aliphatic carbocycles. The van der Waals surface area contributed by atoms with Crippen LogP contribution in [0.2, 0.25) is 0 Å². The van der Waals surface area contributed by atoms with Crippen LogP contribution in [0.15, 0.2) is 0 Å². The molecule has 1 heterocycles. The van der Waals surface area contributed by atoms with Gasteiger partial charge in [-0.3, -0.25) is 9.48 Å². The molecule has 3 N–H and O–H groups in total. The fraction of sp³-hybridized carbons (Fsp3) is 0.714. The first-order chi connectivity index (χ1) is 8.86. The maximum atomic E-state index is 12.1. The van der Waals surface area contributed by atoms with Crippen LogP contribution in [0.25, 0.3) is 0 Å². The molecule has 1 atom stereocenters. The third-order valence-electron chi connectivity index (χ3n) is 3.51. The van der Waals surface area contributed by atoms with E-state index in [2.05, 4.69) is 24.3 Å². The maximum absolute atomic E-state index is 12.1. The van der Waals surface area contributed by atoms with E-state index in [0.29, 0.717) is 19.0 Å². The number of nitrogens with two attached hydrogens (primary N) is 1. The Morgan fingerprint density at radius 2 is 2.05 bits per heavy atom. The van der Waals surface area contributed by atoms with E-state index in [1.807, 2.05) is 25.6 Å². The fourth-order valence-corrected chi connectivity index (χ4v) is 2.27. The predicted octanol–water partition coefficient (Wildman–Crippen LogP) is 1.27. The molecule has 1 amide bonds. The molecule has 0 fully saturated rings. The quantitative estimate of drug-likeness (QED) is 0.814. The Balaban J connectivity index is 2.62. The number of nitrogens with one attached hydrogen (secondary N) is 1. The van der Waals surface area contributed by atoms with Crippen molar-refractivity contribution in [2.45, 2.75) is 40.7 Å². The highest BCUT2D eigenvalue weighted by atomic mass is 16.1. The minimum atomic E-state index is -0.0997. The number of aryl methyl sites for hydroxylation is 2. The first kappa shape index (κ1) is 15.7. The lowest BCUT2D eigenvalue weighted by atomic mass is 9.96. The van der Waals surface area contributed by atoms with Crippen molar-refractivity contribution < 1.29 is 4.79 Å². The molecule has 1 aromatic rings. The molecule has 0 aromatic carbocycles. The Bertz CT molecular complexity index is 437. The Hall–Kier alpha value is -1.36. The summed E-state index contributed by atoms with van der Waals surface area (Å²) in [6.45, 7) is 9.10. The SMILES string of the molecule is Cc1nn(C)c(C)c1CNC(=O)C(CN)CC(C)C. The summed E-state index contributed by atoms with van der Waals surface area (Å²) in [5.74, 6) is 0.414. The van der Waals surface area contributed by atoms with E-state index in [0.717, 1.165) is 23.4 Å². The van der Waals surface area contributed by atoms with E-state index < -0.39 is 0 Å². The molecular formula is C14H26N4O. The molecule has 0 saturated heterocycles. The van der Waals surface area contributed by atoms with Crippen LogP contribution in [-0.2, 0) is 18.4 Å². The molecule has 0 saturated carbocycles. The number of carbonyl (C=O) groups excluding carboxylic acids is 1. The highest BCUT2D eigenvalue weighted by Crippen LogP contribution is 2.13. The first-order valence-corrected chi connectivity index (χ1v) is 6.83. The maximum Gasteiger partial charge on any atom is 0.224 e. The minimum Gasteiger partial charge on any atom is -0.352 e. The number of rotatable bonds is 6. The second kappa shape index (κ2) is 6.70. The van der Waals surface area contributed by atoms with Gasteiger partial charge < -0.3 is 11.1 Å². The molecule has 5 heteroatoms. The monoisotopic (exact) mass is 266 g/mol. The largest absolute Gasteiger partial charge is 0.352 e. The third kappa shape index (κ3) is 4.06. The van der Waals surface area contributed by atoms with Gasteiger partial charge in [0.1, 0.15) is 0 Å². The van der Waals surface area contributed by atoms with E-state index in [-0.39, 0.29) is 11.8 Å². The minimum absolute atomic E-state index is 0.0406. The highest BCUT2D eigenvalue weighted by Gasteiger charge is 2.19. The molecule has 0 radical (unpaired) electrons. The van der Waals surface area contributed by atoms with Crippen LogP contribution >= 0.6 is 0 Å². The van der Waals surface area contributed by atoms with Gasteiger partial charge >= 0.3 is 0 Å². The lowest BCUT2D eigenvalue weighted by molar-refractivity contribution is -0.125. The Labute approximate surface area is 115 Å². The smallest absolute Gasteiger partial charge is 0.224 e. The molecule has 1 rings (SSSR count). The summed E-state index contributed by atoms with van der Waals surface area (Å²) in [6, 6.07) is 0. The van der Waals surface area contributed by atoms with Gasteiger partial charge in [-0.25, -0.2) is 0 Å². The molecular weight excluding hydrogens is 240 g/mol. The van der Waals surface area contributed by atoms with Gasteiger partial charge in [-0.05, 0) is 26.2 Å². The Morgan fingerprint density at radius 3 is 2.47 bits per heavy atom. The first-order valence-electron chi connectivity index (χ1n) is 6.83. The lowest BCUT2D eigenvalue weighted by Gasteiger charge is -2.16. The van der Waals surface area contributed by atoms with E-state index in [9.17, 15) is 4.79 Å². The van der Waals surface area contributed by atoms with Crippen LogP contribution in [0.5, 0.6) is 0 Å². The van der Waals surface area contributed by atoms with E-state index in [1.54, 1.807) is 0 Å². The second-order valence-corrected chi connectivity index (χ2v) is 5.55. The number of carbonyl (C=O) groups is 1. The fourth-order valence-electron chi connectivity index (χ4n) is 2.27. The summed E-state index contributed by atoms with van der Waals surface area (Å²) in [4.78, 5) is 12.1. The molecule has 0 aliphatic rings. The van der Waals surface area contributed by atoms with Gasteiger partial charge in [0.25, 0.3) is 0 Å². The van der Waals surface area contributed by atoms with Gasteiger partial charge in [-0.2, -0.15) is 5.10 Å². The zero-order chi connectivity index (χ0) is 14.6. The number of amides is 1. The van der Waals surface area contributed by atoms with Crippen molar-refractivity contribution in [3.8, 4) is 0 Å². The molecule has 0 spiro atoms. The van der Waals surface area contributed by atoms with Crippen LogP contribution in [0, 0.1) is 25.7 Å². The van der Waals surface area contributed by atoms with Crippen molar-refractivity contribution in [2.75, 3.05) is 6.54 Å². The molecule has 0 aliphatic heterocycles. The van der Waals surface area contributed by atoms with Gasteiger partial charge in [0.2, 0.25) is 5.91 Å². The predicted molar refractivity (Wildman–Crippen MR) is 76.5 cm³/mol. The van der Waals surface area contributed by atoms with Crippen molar-refractivity contribution in [2.24, 2.45) is 24.6 Å². The zero-order valence-electron chi connectivity index (χ0n) is 12.7. The molecule has 19 heavy (non-hydrogen) atoms. The normalized spacial score (nSPS) is 12.8. The van der Waals surface area contributed by atoms with E-state index >= 15 is 0 Å². The molecule has 0 bridgehead atoms. The average Bonchev–Trinajstić information content (AvgIpc) is 2.57. The standard InChI is InChI=1S/C14H26N4O/c1-9(2)6-12(7-15)14(19)16-8-13-10(3)17-18(5)11(13)4/h9,12H,6-8,15H2,1-5H3,(H,16,19). The Morgan fingerprint density at radius 1 is 1.42 bits per heavy atom. The summed E-state index contributed by atoms with van der Waals surface area (Å²) in [5.41, 5.74) is 8.83. The van der Waals surface area contributed by atoms with Gasteiger partial charge in [-0.15, -0.1) is 0 Å². The molecule has 1 unspecified atom stereocenters. The van der Waals surface area contributed by atoms with Gasteiger partial charge in [-0.1, -0.05) is 13.8 Å². The summed E-state index contributed by atoms with van der Waals surface area (Å²) in [7, 11) is 1.91. The van der Waals surface area contributed by atoms with Crippen LogP contribution in [-0.4, -0.2) is 22.2 Å². The van der Waals surface area contributed by atoms with Crippen LogP contribution in [0.1, 0.15) is 37.2 Å². The van der Waals surface area contributed by atoms with Crippen LogP contribution < -0.4 is 11.1 Å². The number of hydrogen-bond acceptors (Lipinski definition) is 3. The number of hydrogen-bond donors (Lipinski definition) is 2. The summed E-state index contributed by atoms with van der Waals surface area (Å²) in [6.07, 6.45) is 0.827. The van der Waals surface area contributed by atoms with Crippen LogP contribution in [0.4, 0.5) is 0 Å². The van der Waals surface area contributed by atoms with Crippen molar-refractivity contribution in [3.05, 3.63) is 17.0 Å². The van der Waals surface area contributed by atoms with Crippen molar-refractivity contribution in [1.29, 1.82) is 0 Å². The second-order valence-electron chi connectivity index (χ2n) is 5.55. The number of nitrogens with zero attached hydrogens (tertiary/aromatic N) is 2. The topological polar surface area (TPSA) is 72.9 Å². The average molecular weight is 266 g/mol. The summed E-state index contributed by atoms with van der Waals surface area (Å²) < 4.78 is 1.84. The van der Waals surface area contributed by atoms with E-state index in [1.165, 1.54) is 0 Å². The lowest BCUT2D eigenvalue weighted by Crippen LogP contribution is -2.35. The third-order valence-corrected chi connectivity index (χ3v) is 3.51. The summed E-state index contributed by atoms with van der Waals surface area (Å²) >= 11 is 0. The van der Waals surface area contributed by atoms with Gasteiger partial charge in [0.15, 0.2) is 0 Å². The van der Waals surface area contributed by atoms with Crippen molar-refractivity contribution in [1.82, 2.24) is 15.1 Å². The zero-order valence-corrected chi connectivity index (χ0v) is 12.7. The molecule has 108 valence electrons. The van der Waals surface area contributed by atoms with Gasteiger partial charge in [0.05, 0.1) is 11.6 Å². The highest BCUT2D eigenvalue weighted by molar-refractivity contribution is 5.78. The van der Waals surface area contributed by atoms with Crippen molar-refractivity contribution in [3.63, 3.8) is 0 Å².